The summed E-state index contributed by atoms with van der Waals surface area (Å²) in [5.41, 5.74) is 1.83. The van der Waals surface area contributed by atoms with Gasteiger partial charge in [-0.1, -0.05) is 6.07 Å². The Morgan fingerprint density at radius 2 is 1.93 bits per heavy atom. The number of halogens is 5. The predicted octanol–water partition coefficient (Wildman–Crippen LogP) is 3.52. The first-order valence-corrected chi connectivity index (χ1v) is 8.56. The lowest BCUT2D eigenvalue weighted by molar-refractivity contribution is -0.192. The molecular formula is C18H20F5N3O3. The number of hydrogen-bond donors (Lipinski definition) is 1. The molecule has 0 aliphatic carbocycles. The topological polar surface area (TPSA) is 67.6 Å². The second-order valence-corrected chi connectivity index (χ2v) is 6.39. The lowest BCUT2D eigenvalue weighted by Crippen LogP contribution is -2.37. The van der Waals surface area contributed by atoms with E-state index in [9.17, 15) is 22.0 Å². The van der Waals surface area contributed by atoms with E-state index < -0.39 is 23.8 Å². The van der Waals surface area contributed by atoms with E-state index in [2.05, 4.69) is 21.4 Å². The van der Waals surface area contributed by atoms with E-state index in [4.69, 9.17) is 14.6 Å². The molecule has 1 aliphatic rings. The summed E-state index contributed by atoms with van der Waals surface area (Å²) in [6, 6.07) is 4.19. The van der Waals surface area contributed by atoms with Crippen LogP contribution in [0.25, 0.3) is 0 Å². The van der Waals surface area contributed by atoms with Gasteiger partial charge in [-0.15, -0.1) is 0 Å². The number of carboxylic acid groups (broad SMARTS) is 1. The van der Waals surface area contributed by atoms with Crippen molar-refractivity contribution in [2.45, 2.75) is 38.8 Å². The monoisotopic (exact) mass is 421 g/mol. The number of rotatable bonds is 4. The molecule has 0 spiro atoms. The summed E-state index contributed by atoms with van der Waals surface area (Å²) in [7, 11) is 1.67. The van der Waals surface area contributed by atoms with Crippen LogP contribution in [0.1, 0.15) is 30.0 Å². The van der Waals surface area contributed by atoms with E-state index >= 15 is 0 Å². The van der Waals surface area contributed by atoms with Crippen LogP contribution < -0.4 is 0 Å². The van der Waals surface area contributed by atoms with Crippen molar-refractivity contribution in [2.24, 2.45) is 0 Å². The maximum atomic E-state index is 13.3. The van der Waals surface area contributed by atoms with E-state index in [1.54, 1.807) is 13.2 Å². The molecule has 0 bridgehead atoms. The van der Waals surface area contributed by atoms with Crippen LogP contribution in [0, 0.1) is 11.6 Å². The first kappa shape index (κ1) is 22.8. The molecule has 0 fully saturated rings. The number of imidazole rings is 1. The molecule has 0 radical (unpaired) electrons. The fourth-order valence-electron chi connectivity index (χ4n) is 2.96. The number of ether oxygens (including phenoxy) is 1. The summed E-state index contributed by atoms with van der Waals surface area (Å²) in [6.45, 7) is 4.85. The number of carbonyl (C=O) groups is 1. The van der Waals surface area contributed by atoms with E-state index in [-0.39, 0.29) is 6.04 Å². The summed E-state index contributed by atoms with van der Waals surface area (Å²) in [5.74, 6) is -3.38. The molecule has 0 saturated heterocycles. The van der Waals surface area contributed by atoms with Crippen LogP contribution in [0.4, 0.5) is 22.0 Å². The highest BCUT2D eigenvalue weighted by molar-refractivity contribution is 5.73. The molecule has 6 nitrogen and oxygen atoms in total. The van der Waals surface area contributed by atoms with Crippen molar-refractivity contribution in [3.8, 4) is 0 Å². The van der Waals surface area contributed by atoms with Gasteiger partial charge in [-0.25, -0.2) is 18.6 Å². The van der Waals surface area contributed by atoms with Crippen molar-refractivity contribution in [3.63, 3.8) is 0 Å². The lowest BCUT2D eigenvalue weighted by Gasteiger charge is -2.34. The van der Waals surface area contributed by atoms with Crippen LogP contribution in [0.15, 0.2) is 24.4 Å². The largest absolute Gasteiger partial charge is 0.490 e. The van der Waals surface area contributed by atoms with Crippen molar-refractivity contribution >= 4 is 5.97 Å². The fourth-order valence-corrected chi connectivity index (χ4v) is 2.96. The molecule has 1 unspecified atom stereocenters. The summed E-state index contributed by atoms with van der Waals surface area (Å²) < 4.78 is 65.4. The maximum Gasteiger partial charge on any atom is 0.490 e. The molecule has 1 atom stereocenters. The highest BCUT2D eigenvalue weighted by Crippen LogP contribution is 2.27. The van der Waals surface area contributed by atoms with E-state index in [0.29, 0.717) is 13.2 Å². The molecule has 2 aromatic rings. The minimum atomic E-state index is -5.08. The first-order valence-electron chi connectivity index (χ1n) is 8.56. The van der Waals surface area contributed by atoms with Gasteiger partial charge in [0.05, 0.1) is 24.5 Å². The molecule has 1 aromatic carbocycles. The average molecular weight is 421 g/mol. The number of carboxylic acids is 1. The number of methoxy groups -OCH3 is 1. The third kappa shape index (κ3) is 5.73. The molecule has 1 N–H and O–H groups in total. The molecule has 1 aliphatic heterocycles. The van der Waals surface area contributed by atoms with E-state index in [0.717, 1.165) is 30.2 Å². The number of alkyl halides is 3. The van der Waals surface area contributed by atoms with Crippen LogP contribution in [0.3, 0.4) is 0 Å². The number of fused-ring (bicyclic) bond motifs is 1. The molecule has 11 heteroatoms. The zero-order valence-corrected chi connectivity index (χ0v) is 15.7. The van der Waals surface area contributed by atoms with E-state index in [1.165, 1.54) is 12.1 Å². The Morgan fingerprint density at radius 1 is 1.28 bits per heavy atom. The minimum absolute atomic E-state index is 0.118. The molecule has 160 valence electrons. The van der Waals surface area contributed by atoms with Crippen molar-refractivity contribution in [2.75, 3.05) is 13.7 Å². The van der Waals surface area contributed by atoms with Gasteiger partial charge in [-0.2, -0.15) is 13.2 Å². The highest BCUT2D eigenvalue weighted by atomic mass is 19.4. The van der Waals surface area contributed by atoms with Crippen molar-refractivity contribution in [3.05, 3.63) is 53.1 Å². The Balaban J connectivity index is 0.000000370. The summed E-state index contributed by atoms with van der Waals surface area (Å²) in [5, 5.41) is 7.12. The van der Waals surface area contributed by atoms with Gasteiger partial charge in [0.15, 0.2) is 11.6 Å². The van der Waals surface area contributed by atoms with Gasteiger partial charge in [0.25, 0.3) is 0 Å². The van der Waals surface area contributed by atoms with Crippen molar-refractivity contribution in [1.29, 1.82) is 0 Å². The molecule has 0 saturated carbocycles. The quantitative estimate of drug-likeness (QED) is 0.766. The van der Waals surface area contributed by atoms with Crippen molar-refractivity contribution < 1.29 is 36.6 Å². The Labute approximate surface area is 163 Å². The van der Waals surface area contributed by atoms with Crippen LogP contribution in [0.2, 0.25) is 0 Å². The van der Waals surface area contributed by atoms with E-state index in [1.807, 2.05) is 6.20 Å². The number of aliphatic carboxylic acids is 1. The van der Waals surface area contributed by atoms with Crippen molar-refractivity contribution in [1.82, 2.24) is 14.5 Å². The fraction of sp³-hybridized carbons (Fsp3) is 0.444. The van der Waals surface area contributed by atoms with Crippen LogP contribution in [-0.2, 0) is 29.2 Å². The zero-order valence-electron chi connectivity index (χ0n) is 15.7. The van der Waals surface area contributed by atoms with Gasteiger partial charge in [-0.3, -0.25) is 4.90 Å². The summed E-state index contributed by atoms with van der Waals surface area (Å²) in [6.07, 6.45) is -3.24. The number of benzene rings is 1. The maximum absolute atomic E-state index is 13.3. The molecule has 1 aromatic heterocycles. The van der Waals surface area contributed by atoms with Gasteiger partial charge in [-0.05, 0) is 24.6 Å². The number of nitrogens with zero attached hydrogens (tertiary/aromatic N) is 3. The normalized spacial score (nSPS) is 16.7. The van der Waals surface area contributed by atoms with Gasteiger partial charge < -0.3 is 14.4 Å². The Morgan fingerprint density at radius 3 is 2.48 bits per heavy atom. The molecule has 2 heterocycles. The first-order chi connectivity index (χ1) is 13.5. The second-order valence-electron chi connectivity index (χ2n) is 6.39. The summed E-state index contributed by atoms with van der Waals surface area (Å²) >= 11 is 0. The minimum Gasteiger partial charge on any atom is -0.475 e. The van der Waals surface area contributed by atoms with Gasteiger partial charge >= 0.3 is 12.1 Å². The molecule has 3 rings (SSSR count). The van der Waals surface area contributed by atoms with Gasteiger partial charge in [0, 0.05) is 26.7 Å². The Bertz CT molecular complexity index is 854. The second kappa shape index (κ2) is 9.31. The Hall–Kier alpha value is -2.53. The highest BCUT2D eigenvalue weighted by Gasteiger charge is 2.38. The standard InChI is InChI=1S/C16H19F2N3O.C2HF3O2/c1-11-16-19-8-13(10-22-2)21(16)6-5-20(11)9-12-3-4-14(17)15(18)7-12;3-2(4,5)1(6)7/h3-4,7-8,11H,5-6,9-10H2,1-2H3;(H,6,7). The summed E-state index contributed by atoms with van der Waals surface area (Å²) in [4.78, 5) is 15.6. The van der Waals surface area contributed by atoms with Gasteiger partial charge in [0.2, 0.25) is 0 Å². The zero-order chi connectivity index (χ0) is 21.8. The molecule has 29 heavy (non-hydrogen) atoms. The smallest absolute Gasteiger partial charge is 0.475 e. The third-order valence-corrected chi connectivity index (χ3v) is 4.41. The van der Waals surface area contributed by atoms with Crippen LogP contribution >= 0.6 is 0 Å². The molecular weight excluding hydrogens is 401 g/mol. The lowest BCUT2D eigenvalue weighted by atomic mass is 10.1. The third-order valence-electron chi connectivity index (χ3n) is 4.41. The van der Waals surface area contributed by atoms with Gasteiger partial charge in [0.1, 0.15) is 5.82 Å². The molecule has 0 amide bonds. The number of aromatic nitrogens is 2. The van der Waals surface area contributed by atoms with Crippen LogP contribution in [0.5, 0.6) is 0 Å². The Kier molecular flexibility index (Phi) is 7.31. The van der Waals surface area contributed by atoms with Crippen LogP contribution in [-0.4, -0.2) is 45.4 Å². The predicted molar refractivity (Wildman–Crippen MR) is 91.8 cm³/mol. The number of hydrogen-bond acceptors (Lipinski definition) is 4. The average Bonchev–Trinajstić information content (AvgIpc) is 3.04. The SMILES string of the molecule is COCc1cnc2n1CCN(Cc1ccc(F)c(F)c1)C2C.O=C(O)C(F)(F)F.